The van der Waals surface area contributed by atoms with Crippen molar-refractivity contribution in [2.45, 2.75) is 37.1 Å². The molecule has 0 fully saturated rings. The molecular weight excluding hydrogens is 183 g/mol. The number of aliphatic hydroxyl groups excluding tert-OH is 1. The van der Waals surface area contributed by atoms with Crippen LogP contribution in [0.2, 0.25) is 0 Å². The molecule has 66 valence electrons. The fourth-order valence-electron chi connectivity index (χ4n) is 0.776. The Kier molecular flexibility index (Phi) is 5.15. The van der Waals surface area contributed by atoms with Crippen LogP contribution >= 0.6 is 23.2 Å². The van der Waals surface area contributed by atoms with Gasteiger partial charge in [-0.2, -0.15) is 0 Å². The van der Waals surface area contributed by atoms with Crippen molar-refractivity contribution in [3.63, 3.8) is 0 Å². The largest absolute Gasteiger partial charge is 0.391 e. The highest BCUT2D eigenvalue weighted by Gasteiger charge is 2.20. The van der Waals surface area contributed by atoms with Gasteiger partial charge in [-0.1, -0.05) is 5.57 Å². The summed E-state index contributed by atoms with van der Waals surface area (Å²) in [5, 5.41) is 8.77. The van der Waals surface area contributed by atoms with Crippen LogP contribution in [-0.4, -0.2) is 22.0 Å². The van der Waals surface area contributed by atoms with Gasteiger partial charge in [0.05, 0.1) is 11.5 Å². The molecule has 1 nitrogen and oxygen atoms in total. The molecule has 0 saturated heterocycles. The second-order valence-electron chi connectivity index (χ2n) is 2.85. The molecule has 0 spiro atoms. The second-order valence-corrected chi connectivity index (χ2v) is 4.04. The summed E-state index contributed by atoms with van der Waals surface area (Å²) in [6, 6.07) is 0. The Morgan fingerprint density at radius 3 is 2.27 bits per heavy atom. The third-order valence-corrected chi connectivity index (χ3v) is 2.43. The average Bonchev–Trinajstić information content (AvgIpc) is 1.84. The normalized spacial score (nSPS) is 19.0. The highest BCUT2D eigenvalue weighted by Crippen LogP contribution is 2.17. The van der Waals surface area contributed by atoms with Gasteiger partial charge in [-0.15, -0.1) is 29.8 Å². The van der Waals surface area contributed by atoms with E-state index in [0.717, 1.165) is 5.57 Å². The maximum Gasteiger partial charge on any atom is 0.0759 e. The van der Waals surface area contributed by atoms with E-state index in [9.17, 15) is 5.11 Å². The van der Waals surface area contributed by atoms with Crippen molar-refractivity contribution in [1.29, 1.82) is 0 Å². The number of hydrogen-bond acceptors (Lipinski definition) is 1. The van der Waals surface area contributed by atoms with E-state index in [-0.39, 0.29) is 5.38 Å². The van der Waals surface area contributed by atoms with Crippen molar-refractivity contribution >= 4 is 23.2 Å². The summed E-state index contributed by atoms with van der Waals surface area (Å²) in [6.45, 7) is 7.29. The Hall–Kier alpha value is 0.280. The fraction of sp³-hybridized carbons (Fsp3) is 0.750. The maximum atomic E-state index is 9.38. The van der Waals surface area contributed by atoms with Gasteiger partial charge in [0.15, 0.2) is 0 Å². The zero-order valence-corrected chi connectivity index (χ0v) is 8.36. The summed E-state index contributed by atoms with van der Waals surface area (Å²) >= 11 is 11.5. The SMILES string of the molecule is C=C(C)CC(O)C(Cl)C(C)Cl. The lowest BCUT2D eigenvalue weighted by Gasteiger charge is -2.18. The molecule has 0 bridgehead atoms. The Bertz CT molecular complexity index is 134. The predicted molar refractivity (Wildman–Crippen MR) is 50.4 cm³/mol. The first-order valence-corrected chi connectivity index (χ1v) is 4.43. The van der Waals surface area contributed by atoms with E-state index in [1.807, 2.05) is 6.92 Å². The molecule has 3 unspecified atom stereocenters. The molecule has 3 heteroatoms. The lowest BCUT2D eigenvalue weighted by atomic mass is 10.1. The van der Waals surface area contributed by atoms with Crippen LogP contribution in [0.3, 0.4) is 0 Å². The minimum atomic E-state index is -0.582. The van der Waals surface area contributed by atoms with Crippen LogP contribution in [0.25, 0.3) is 0 Å². The van der Waals surface area contributed by atoms with Gasteiger partial charge in [0, 0.05) is 5.38 Å². The van der Waals surface area contributed by atoms with Crippen molar-refractivity contribution in [3.05, 3.63) is 12.2 Å². The van der Waals surface area contributed by atoms with E-state index >= 15 is 0 Å². The van der Waals surface area contributed by atoms with Crippen LogP contribution in [0.4, 0.5) is 0 Å². The standard InChI is InChI=1S/C8H14Cl2O/c1-5(2)4-7(11)8(10)6(3)9/h6-8,11H,1,4H2,2-3H3. The summed E-state index contributed by atoms with van der Waals surface area (Å²) in [5.74, 6) is 0. The molecule has 0 aliphatic rings. The van der Waals surface area contributed by atoms with E-state index in [1.54, 1.807) is 6.92 Å². The summed E-state index contributed by atoms with van der Waals surface area (Å²) in [6.07, 6.45) is -0.0627. The maximum absolute atomic E-state index is 9.38. The van der Waals surface area contributed by atoms with Crippen LogP contribution in [0, 0.1) is 0 Å². The molecule has 0 saturated carbocycles. The average molecular weight is 197 g/mol. The predicted octanol–water partition coefficient (Wildman–Crippen LogP) is 2.55. The highest BCUT2D eigenvalue weighted by atomic mass is 35.5. The minimum Gasteiger partial charge on any atom is -0.391 e. The molecule has 3 atom stereocenters. The second kappa shape index (κ2) is 5.02. The third-order valence-electron chi connectivity index (χ3n) is 1.36. The zero-order chi connectivity index (χ0) is 9.02. The Morgan fingerprint density at radius 1 is 1.55 bits per heavy atom. The molecule has 0 heterocycles. The molecule has 0 amide bonds. The monoisotopic (exact) mass is 196 g/mol. The number of aliphatic hydroxyl groups is 1. The van der Waals surface area contributed by atoms with Crippen molar-refractivity contribution in [3.8, 4) is 0 Å². The highest BCUT2D eigenvalue weighted by molar-refractivity contribution is 6.30. The van der Waals surface area contributed by atoms with Crippen molar-refractivity contribution in [2.75, 3.05) is 0 Å². The van der Waals surface area contributed by atoms with Crippen LogP contribution in [0.5, 0.6) is 0 Å². The minimum absolute atomic E-state index is 0.217. The van der Waals surface area contributed by atoms with Gasteiger partial charge in [0.1, 0.15) is 0 Å². The molecule has 0 aromatic rings. The molecule has 0 aliphatic heterocycles. The van der Waals surface area contributed by atoms with E-state index in [2.05, 4.69) is 6.58 Å². The smallest absolute Gasteiger partial charge is 0.0759 e. The Labute approximate surface area is 78.0 Å². The first-order valence-electron chi connectivity index (χ1n) is 3.55. The van der Waals surface area contributed by atoms with Gasteiger partial charge in [0.25, 0.3) is 0 Å². The van der Waals surface area contributed by atoms with Crippen molar-refractivity contribution in [2.24, 2.45) is 0 Å². The van der Waals surface area contributed by atoms with Gasteiger partial charge in [-0.25, -0.2) is 0 Å². The molecule has 11 heavy (non-hydrogen) atoms. The van der Waals surface area contributed by atoms with Gasteiger partial charge >= 0.3 is 0 Å². The van der Waals surface area contributed by atoms with Gasteiger partial charge in [-0.3, -0.25) is 0 Å². The van der Waals surface area contributed by atoms with E-state index < -0.39 is 11.5 Å². The van der Waals surface area contributed by atoms with Crippen LogP contribution in [0.15, 0.2) is 12.2 Å². The van der Waals surface area contributed by atoms with Crippen molar-refractivity contribution in [1.82, 2.24) is 0 Å². The molecular formula is C8H14Cl2O. The topological polar surface area (TPSA) is 20.2 Å². The summed E-state index contributed by atoms with van der Waals surface area (Å²) in [7, 11) is 0. The fourth-order valence-corrected chi connectivity index (χ4v) is 1.03. The summed E-state index contributed by atoms with van der Waals surface area (Å²) < 4.78 is 0. The van der Waals surface area contributed by atoms with E-state index in [4.69, 9.17) is 23.2 Å². The van der Waals surface area contributed by atoms with Crippen LogP contribution in [-0.2, 0) is 0 Å². The van der Waals surface area contributed by atoms with E-state index in [0.29, 0.717) is 6.42 Å². The molecule has 0 aromatic carbocycles. The lowest BCUT2D eigenvalue weighted by molar-refractivity contribution is 0.169. The first-order chi connectivity index (χ1) is 4.95. The third kappa shape index (κ3) is 4.67. The summed E-state index contributed by atoms with van der Waals surface area (Å²) in [5.41, 5.74) is 0.917. The summed E-state index contributed by atoms with van der Waals surface area (Å²) in [4.78, 5) is 0. The number of hydrogen-bond donors (Lipinski definition) is 1. The molecule has 1 N–H and O–H groups in total. The molecule has 0 rings (SSSR count). The first kappa shape index (κ1) is 11.3. The number of halogens is 2. The number of alkyl halides is 2. The van der Waals surface area contributed by atoms with Gasteiger partial charge < -0.3 is 5.11 Å². The van der Waals surface area contributed by atoms with E-state index in [1.165, 1.54) is 0 Å². The quantitative estimate of drug-likeness (QED) is 0.542. The Morgan fingerprint density at radius 2 is 2.00 bits per heavy atom. The number of rotatable bonds is 4. The molecule has 0 aliphatic carbocycles. The zero-order valence-electron chi connectivity index (χ0n) is 6.85. The van der Waals surface area contributed by atoms with Gasteiger partial charge in [-0.05, 0) is 20.3 Å². The van der Waals surface area contributed by atoms with Gasteiger partial charge in [0.2, 0.25) is 0 Å². The van der Waals surface area contributed by atoms with Crippen molar-refractivity contribution < 1.29 is 5.11 Å². The lowest BCUT2D eigenvalue weighted by Crippen LogP contribution is -2.27. The molecule has 0 radical (unpaired) electrons. The Balaban J connectivity index is 3.82. The van der Waals surface area contributed by atoms with Crippen LogP contribution in [0.1, 0.15) is 20.3 Å². The van der Waals surface area contributed by atoms with Crippen LogP contribution < -0.4 is 0 Å². The molecule has 0 aromatic heterocycles.